The molecule has 3 rings (SSSR count). The van der Waals surface area contributed by atoms with E-state index in [0.717, 1.165) is 69.8 Å². The highest BCUT2D eigenvalue weighted by Gasteiger charge is 2.22. The van der Waals surface area contributed by atoms with Crippen LogP contribution in [0.25, 0.3) is 0 Å². The van der Waals surface area contributed by atoms with Gasteiger partial charge in [0.05, 0.1) is 18.8 Å². The molecule has 1 aromatic carbocycles. The molecular formula is C25H43N5O2. The van der Waals surface area contributed by atoms with E-state index in [1.165, 1.54) is 6.42 Å². The van der Waals surface area contributed by atoms with Gasteiger partial charge >= 0.3 is 0 Å². The fraction of sp³-hybridized carbons (Fsp3) is 0.720. The number of aliphatic imine (C=N–C) groups is 1. The summed E-state index contributed by atoms with van der Waals surface area (Å²) in [6, 6.07) is 8.08. The maximum absolute atomic E-state index is 6.02. The lowest BCUT2D eigenvalue weighted by atomic mass is 10.1. The second kappa shape index (κ2) is 12.4. The van der Waals surface area contributed by atoms with E-state index in [0.29, 0.717) is 11.8 Å². The second-order valence-electron chi connectivity index (χ2n) is 9.95. The minimum absolute atomic E-state index is 0.169. The number of benzene rings is 1. The van der Waals surface area contributed by atoms with Crippen molar-refractivity contribution in [3.05, 3.63) is 24.3 Å². The van der Waals surface area contributed by atoms with Crippen molar-refractivity contribution < 1.29 is 9.47 Å². The number of guanidine groups is 1. The highest BCUT2D eigenvalue weighted by Crippen LogP contribution is 2.18. The molecule has 2 aliphatic rings. The van der Waals surface area contributed by atoms with E-state index in [9.17, 15) is 0 Å². The van der Waals surface area contributed by atoms with Crippen LogP contribution in [0.5, 0.6) is 5.75 Å². The van der Waals surface area contributed by atoms with Crippen molar-refractivity contribution in [1.29, 1.82) is 0 Å². The summed E-state index contributed by atoms with van der Waals surface area (Å²) < 4.78 is 11.8. The van der Waals surface area contributed by atoms with Crippen LogP contribution in [-0.2, 0) is 4.74 Å². The van der Waals surface area contributed by atoms with E-state index in [-0.39, 0.29) is 12.2 Å². The van der Waals surface area contributed by atoms with Gasteiger partial charge < -0.3 is 25.0 Å². The Morgan fingerprint density at radius 2 is 1.94 bits per heavy atom. The first kappa shape index (κ1) is 24.8. The molecule has 2 atom stereocenters. The fourth-order valence-corrected chi connectivity index (χ4v) is 4.36. The molecule has 0 spiro atoms. The van der Waals surface area contributed by atoms with Crippen molar-refractivity contribution in [3.63, 3.8) is 0 Å². The third kappa shape index (κ3) is 8.60. The molecule has 0 aliphatic carbocycles. The van der Waals surface area contributed by atoms with Crippen molar-refractivity contribution in [2.75, 3.05) is 64.8 Å². The van der Waals surface area contributed by atoms with Gasteiger partial charge in [-0.05, 0) is 70.0 Å². The smallest absolute Gasteiger partial charge is 0.195 e. The third-order valence-corrected chi connectivity index (χ3v) is 5.83. The largest absolute Gasteiger partial charge is 0.491 e. The van der Waals surface area contributed by atoms with Gasteiger partial charge in [0.1, 0.15) is 5.75 Å². The Balaban J connectivity index is 1.58. The van der Waals surface area contributed by atoms with Gasteiger partial charge in [0.15, 0.2) is 5.96 Å². The zero-order valence-corrected chi connectivity index (χ0v) is 20.6. The highest BCUT2D eigenvalue weighted by atomic mass is 16.5. The number of rotatable bonds is 9. The van der Waals surface area contributed by atoms with E-state index in [4.69, 9.17) is 14.5 Å². The van der Waals surface area contributed by atoms with Crippen LogP contribution < -0.4 is 15.4 Å². The Morgan fingerprint density at radius 1 is 1.16 bits per heavy atom. The summed E-state index contributed by atoms with van der Waals surface area (Å²) in [5.41, 5.74) is 1.00. The van der Waals surface area contributed by atoms with Crippen molar-refractivity contribution in [3.8, 4) is 5.75 Å². The number of nitrogens with one attached hydrogen (secondary N) is 2. The molecule has 180 valence electrons. The number of nitrogens with zero attached hydrogens (tertiary/aromatic N) is 3. The van der Waals surface area contributed by atoms with Crippen LogP contribution in [0.1, 0.15) is 34.1 Å². The Bertz CT molecular complexity index is 707. The van der Waals surface area contributed by atoms with E-state index < -0.39 is 0 Å². The van der Waals surface area contributed by atoms with Gasteiger partial charge in [-0.1, -0.05) is 13.8 Å². The van der Waals surface area contributed by atoms with Gasteiger partial charge in [-0.25, -0.2) is 0 Å². The van der Waals surface area contributed by atoms with Crippen LogP contribution in [0.2, 0.25) is 0 Å². The van der Waals surface area contributed by atoms with Crippen molar-refractivity contribution in [2.45, 2.75) is 46.3 Å². The highest BCUT2D eigenvalue weighted by molar-refractivity contribution is 5.93. The fourth-order valence-electron chi connectivity index (χ4n) is 4.36. The molecule has 0 saturated carbocycles. The molecule has 7 nitrogen and oxygen atoms in total. The summed E-state index contributed by atoms with van der Waals surface area (Å²) in [4.78, 5) is 9.81. The summed E-state index contributed by atoms with van der Waals surface area (Å²) in [5, 5.41) is 7.01. The molecule has 2 fully saturated rings. The van der Waals surface area contributed by atoms with Crippen LogP contribution in [0.3, 0.4) is 0 Å². The lowest BCUT2D eigenvalue weighted by Gasteiger charge is -2.34. The first-order valence-electron chi connectivity index (χ1n) is 12.2. The number of ether oxygens (including phenoxy) is 2. The predicted molar refractivity (Wildman–Crippen MR) is 133 cm³/mol. The summed E-state index contributed by atoms with van der Waals surface area (Å²) in [7, 11) is 2.19. The predicted octanol–water partition coefficient (Wildman–Crippen LogP) is 3.14. The zero-order chi connectivity index (χ0) is 22.9. The van der Waals surface area contributed by atoms with E-state index in [1.807, 2.05) is 38.1 Å². The molecular weight excluding hydrogens is 402 g/mol. The maximum atomic E-state index is 6.02. The molecule has 7 heteroatoms. The van der Waals surface area contributed by atoms with Gasteiger partial charge in [0.2, 0.25) is 0 Å². The van der Waals surface area contributed by atoms with Crippen molar-refractivity contribution in [2.24, 2.45) is 16.8 Å². The number of hydrogen-bond acceptors (Lipinski definition) is 5. The van der Waals surface area contributed by atoms with Crippen molar-refractivity contribution >= 4 is 11.6 Å². The Hall–Kier alpha value is -1.83. The van der Waals surface area contributed by atoms with Gasteiger partial charge in [-0.3, -0.25) is 9.89 Å². The van der Waals surface area contributed by atoms with E-state index in [2.05, 4.69) is 41.3 Å². The molecule has 2 unspecified atom stereocenters. The average molecular weight is 446 g/mol. The first-order valence-corrected chi connectivity index (χ1v) is 12.2. The third-order valence-electron chi connectivity index (χ3n) is 5.83. The Morgan fingerprint density at radius 3 is 2.59 bits per heavy atom. The average Bonchev–Trinajstić information content (AvgIpc) is 3.16. The molecule has 2 heterocycles. The molecule has 0 amide bonds. The number of likely N-dealkylation sites (tertiary alicyclic amines) is 1. The summed E-state index contributed by atoms with van der Waals surface area (Å²) >= 11 is 0. The molecule has 2 saturated heterocycles. The summed E-state index contributed by atoms with van der Waals surface area (Å²) in [6.07, 6.45) is 1.56. The lowest BCUT2D eigenvalue weighted by molar-refractivity contribution is -0.0283. The summed E-state index contributed by atoms with van der Waals surface area (Å²) in [5.74, 6) is 2.99. The Kier molecular flexibility index (Phi) is 9.63. The number of hydrogen-bond donors (Lipinski definition) is 2. The van der Waals surface area contributed by atoms with Crippen LogP contribution >= 0.6 is 0 Å². The van der Waals surface area contributed by atoms with Gasteiger partial charge in [0, 0.05) is 45.0 Å². The Labute approximate surface area is 194 Å². The van der Waals surface area contributed by atoms with Gasteiger partial charge in [0.25, 0.3) is 0 Å². The normalized spacial score (nSPS) is 23.2. The molecule has 1 aromatic rings. The molecule has 2 N–H and O–H groups in total. The molecule has 0 radical (unpaired) electrons. The minimum atomic E-state index is 0.169. The summed E-state index contributed by atoms with van der Waals surface area (Å²) in [6.45, 7) is 16.4. The monoisotopic (exact) mass is 445 g/mol. The SMILES string of the molecule is CC(C)CN1CCOC(CNC(=NCC2CCN(C)C2)Nc2ccc(OC(C)C)cc2)C1. The molecule has 2 aliphatic heterocycles. The van der Waals surface area contributed by atoms with Crippen LogP contribution in [0, 0.1) is 11.8 Å². The van der Waals surface area contributed by atoms with Crippen LogP contribution in [-0.4, -0.2) is 87.4 Å². The minimum Gasteiger partial charge on any atom is -0.491 e. The topological polar surface area (TPSA) is 61.4 Å². The van der Waals surface area contributed by atoms with Gasteiger partial charge in [-0.15, -0.1) is 0 Å². The molecule has 0 aromatic heterocycles. The number of anilines is 1. The number of morpholine rings is 1. The quantitative estimate of drug-likeness (QED) is 0.450. The van der Waals surface area contributed by atoms with Crippen LogP contribution in [0.4, 0.5) is 5.69 Å². The van der Waals surface area contributed by atoms with Crippen LogP contribution in [0.15, 0.2) is 29.3 Å². The first-order chi connectivity index (χ1) is 15.4. The van der Waals surface area contributed by atoms with Crippen molar-refractivity contribution in [1.82, 2.24) is 15.1 Å². The maximum Gasteiger partial charge on any atom is 0.195 e. The second-order valence-corrected chi connectivity index (χ2v) is 9.95. The van der Waals surface area contributed by atoms with Gasteiger partial charge in [-0.2, -0.15) is 0 Å². The van der Waals surface area contributed by atoms with E-state index in [1.54, 1.807) is 0 Å². The molecule has 32 heavy (non-hydrogen) atoms. The van der Waals surface area contributed by atoms with E-state index >= 15 is 0 Å². The standard InChI is InChI=1S/C25H43N5O2/c1-19(2)16-30-12-13-31-24(18-30)15-27-25(26-14-21-10-11-29(5)17-21)28-22-6-8-23(9-7-22)32-20(3)4/h6-9,19-21,24H,10-18H2,1-5H3,(H2,26,27,28). The zero-order valence-electron chi connectivity index (χ0n) is 20.6. The lowest BCUT2D eigenvalue weighted by Crippen LogP contribution is -2.49. The molecule has 0 bridgehead atoms.